The Kier molecular flexibility index (Phi) is 6.46. The summed E-state index contributed by atoms with van der Waals surface area (Å²) < 4.78 is 10.6. The van der Waals surface area contributed by atoms with E-state index >= 15 is 0 Å². The Morgan fingerprint density at radius 3 is 2.72 bits per heavy atom. The van der Waals surface area contributed by atoms with Crippen LogP contribution in [0.25, 0.3) is 0 Å². The first-order valence-electron chi connectivity index (χ1n) is 6.24. The van der Waals surface area contributed by atoms with Crippen LogP contribution in [-0.4, -0.2) is 42.1 Å². The average Bonchev–Trinajstić information content (AvgIpc) is 2.36. The van der Waals surface area contributed by atoms with Gasteiger partial charge in [0.1, 0.15) is 0 Å². The second kappa shape index (κ2) is 7.89. The van der Waals surface area contributed by atoms with Crippen molar-refractivity contribution in [2.75, 3.05) is 25.1 Å². The van der Waals surface area contributed by atoms with Crippen molar-refractivity contribution in [3.63, 3.8) is 0 Å². The highest BCUT2D eigenvalue weighted by molar-refractivity contribution is 5.42. The summed E-state index contributed by atoms with van der Waals surface area (Å²) in [6.07, 6.45) is 1.28. The van der Waals surface area contributed by atoms with Gasteiger partial charge in [-0.15, -0.1) is 0 Å². The van der Waals surface area contributed by atoms with Gasteiger partial charge in [-0.2, -0.15) is 0 Å². The molecular formula is C13H22N2O3. The average molecular weight is 254 g/mol. The van der Waals surface area contributed by atoms with Crippen LogP contribution < -0.4 is 10.1 Å². The molecule has 1 rings (SSSR count). The molecule has 0 spiro atoms. The fourth-order valence-electron chi connectivity index (χ4n) is 1.32. The van der Waals surface area contributed by atoms with Gasteiger partial charge in [0.05, 0.1) is 37.3 Å². The van der Waals surface area contributed by atoms with Crippen LogP contribution in [0.1, 0.15) is 20.8 Å². The van der Waals surface area contributed by atoms with E-state index in [9.17, 15) is 5.11 Å². The Morgan fingerprint density at radius 2 is 2.17 bits per heavy atom. The van der Waals surface area contributed by atoms with Crippen LogP contribution in [0, 0.1) is 0 Å². The highest BCUT2D eigenvalue weighted by atomic mass is 16.5. The summed E-state index contributed by atoms with van der Waals surface area (Å²) in [4.78, 5) is 4.12. The molecule has 0 aromatic carbocycles. The second-order valence-corrected chi connectivity index (χ2v) is 4.23. The van der Waals surface area contributed by atoms with E-state index in [0.29, 0.717) is 25.6 Å². The molecule has 5 heteroatoms. The zero-order valence-electron chi connectivity index (χ0n) is 11.2. The summed E-state index contributed by atoms with van der Waals surface area (Å²) in [5.74, 6) is 0.603. The van der Waals surface area contributed by atoms with E-state index in [1.807, 2.05) is 26.8 Å². The number of aliphatic hydroxyl groups excluding tert-OH is 1. The molecular weight excluding hydrogens is 232 g/mol. The Bertz CT molecular complexity index is 328. The van der Waals surface area contributed by atoms with Gasteiger partial charge >= 0.3 is 0 Å². The molecule has 1 heterocycles. The molecule has 5 nitrogen and oxygen atoms in total. The molecule has 0 amide bonds. The van der Waals surface area contributed by atoms with E-state index in [0.717, 1.165) is 5.69 Å². The number of aromatic nitrogens is 1. The molecule has 1 aromatic heterocycles. The first-order valence-corrected chi connectivity index (χ1v) is 6.24. The van der Waals surface area contributed by atoms with E-state index < -0.39 is 6.10 Å². The molecule has 1 aromatic rings. The zero-order chi connectivity index (χ0) is 13.4. The van der Waals surface area contributed by atoms with E-state index in [-0.39, 0.29) is 6.10 Å². The fourth-order valence-corrected chi connectivity index (χ4v) is 1.32. The standard InChI is InChI=1S/C13H22N2O3/c1-4-17-13-6-5-11(7-15-13)14-8-12(16)9-18-10(2)3/h5-7,10,12,14,16H,4,8-9H2,1-3H3. The maximum Gasteiger partial charge on any atom is 0.213 e. The Hall–Kier alpha value is -1.33. The number of rotatable bonds is 8. The zero-order valence-corrected chi connectivity index (χ0v) is 11.2. The third-order valence-corrected chi connectivity index (χ3v) is 2.19. The fraction of sp³-hybridized carbons (Fsp3) is 0.615. The quantitative estimate of drug-likeness (QED) is 0.739. The van der Waals surface area contributed by atoms with E-state index in [2.05, 4.69) is 10.3 Å². The van der Waals surface area contributed by atoms with Crippen molar-refractivity contribution < 1.29 is 14.6 Å². The van der Waals surface area contributed by atoms with Crippen molar-refractivity contribution in [1.82, 2.24) is 4.98 Å². The predicted molar refractivity (Wildman–Crippen MR) is 71.0 cm³/mol. The van der Waals surface area contributed by atoms with Gasteiger partial charge in [-0.1, -0.05) is 0 Å². The van der Waals surface area contributed by atoms with Crippen molar-refractivity contribution >= 4 is 5.69 Å². The number of pyridine rings is 1. The first-order chi connectivity index (χ1) is 8.61. The van der Waals surface area contributed by atoms with Crippen LogP contribution in [-0.2, 0) is 4.74 Å². The lowest BCUT2D eigenvalue weighted by Crippen LogP contribution is -2.26. The minimum Gasteiger partial charge on any atom is -0.478 e. The maximum absolute atomic E-state index is 9.67. The lowest BCUT2D eigenvalue weighted by molar-refractivity contribution is 0.0112. The van der Waals surface area contributed by atoms with Gasteiger partial charge in [-0.25, -0.2) is 4.98 Å². The molecule has 0 aliphatic heterocycles. The molecule has 2 N–H and O–H groups in total. The minimum atomic E-state index is -0.529. The van der Waals surface area contributed by atoms with Crippen LogP contribution >= 0.6 is 0 Å². The summed E-state index contributed by atoms with van der Waals surface area (Å²) >= 11 is 0. The Labute approximate surface area is 108 Å². The topological polar surface area (TPSA) is 63.6 Å². The van der Waals surface area contributed by atoms with Gasteiger partial charge in [0, 0.05) is 12.6 Å². The second-order valence-electron chi connectivity index (χ2n) is 4.23. The maximum atomic E-state index is 9.67. The van der Waals surface area contributed by atoms with Gasteiger partial charge in [0.25, 0.3) is 0 Å². The lowest BCUT2D eigenvalue weighted by Gasteiger charge is -2.14. The highest BCUT2D eigenvalue weighted by Crippen LogP contribution is 2.11. The SMILES string of the molecule is CCOc1ccc(NCC(O)COC(C)C)cn1. The third kappa shape index (κ3) is 5.84. The number of ether oxygens (including phenoxy) is 2. The molecule has 1 atom stereocenters. The van der Waals surface area contributed by atoms with E-state index in [1.54, 1.807) is 12.3 Å². The molecule has 0 saturated carbocycles. The highest BCUT2D eigenvalue weighted by Gasteiger charge is 2.05. The van der Waals surface area contributed by atoms with Gasteiger partial charge < -0.3 is 19.9 Å². The monoisotopic (exact) mass is 254 g/mol. The van der Waals surface area contributed by atoms with Gasteiger partial charge in [-0.3, -0.25) is 0 Å². The Morgan fingerprint density at radius 1 is 1.39 bits per heavy atom. The van der Waals surface area contributed by atoms with Crippen LogP contribution in [0.3, 0.4) is 0 Å². The molecule has 0 saturated heterocycles. The van der Waals surface area contributed by atoms with Crippen LogP contribution in [0.15, 0.2) is 18.3 Å². The molecule has 0 aliphatic rings. The summed E-state index contributed by atoms with van der Waals surface area (Å²) in [6.45, 7) is 7.16. The largest absolute Gasteiger partial charge is 0.478 e. The summed E-state index contributed by atoms with van der Waals surface area (Å²) in [5.41, 5.74) is 0.849. The predicted octanol–water partition coefficient (Wildman–Crippen LogP) is 1.68. The van der Waals surface area contributed by atoms with Crippen molar-refractivity contribution in [3.8, 4) is 5.88 Å². The molecule has 0 aliphatic carbocycles. The summed E-state index contributed by atoms with van der Waals surface area (Å²) in [5, 5.41) is 12.8. The molecule has 1 unspecified atom stereocenters. The van der Waals surface area contributed by atoms with Crippen molar-refractivity contribution in [1.29, 1.82) is 0 Å². The first kappa shape index (κ1) is 14.7. The molecule has 102 valence electrons. The lowest BCUT2D eigenvalue weighted by atomic mass is 10.3. The molecule has 0 fully saturated rings. The van der Waals surface area contributed by atoms with Crippen molar-refractivity contribution in [2.24, 2.45) is 0 Å². The van der Waals surface area contributed by atoms with Crippen LogP contribution in [0.2, 0.25) is 0 Å². The number of aliphatic hydroxyl groups is 1. The number of anilines is 1. The molecule has 18 heavy (non-hydrogen) atoms. The van der Waals surface area contributed by atoms with E-state index in [1.165, 1.54) is 0 Å². The number of hydrogen-bond donors (Lipinski definition) is 2. The number of nitrogens with one attached hydrogen (secondary N) is 1. The van der Waals surface area contributed by atoms with Gasteiger partial charge in [-0.05, 0) is 26.8 Å². The van der Waals surface area contributed by atoms with Gasteiger partial charge in [0.2, 0.25) is 5.88 Å². The molecule has 0 bridgehead atoms. The smallest absolute Gasteiger partial charge is 0.213 e. The number of hydrogen-bond acceptors (Lipinski definition) is 5. The molecule has 0 radical (unpaired) electrons. The minimum absolute atomic E-state index is 0.131. The van der Waals surface area contributed by atoms with Crippen molar-refractivity contribution in [2.45, 2.75) is 33.0 Å². The van der Waals surface area contributed by atoms with Crippen LogP contribution in [0.4, 0.5) is 5.69 Å². The van der Waals surface area contributed by atoms with Gasteiger partial charge in [0.15, 0.2) is 0 Å². The van der Waals surface area contributed by atoms with E-state index in [4.69, 9.17) is 9.47 Å². The Balaban J connectivity index is 2.29. The van der Waals surface area contributed by atoms with Crippen LogP contribution in [0.5, 0.6) is 5.88 Å². The summed E-state index contributed by atoms with van der Waals surface area (Å²) in [6, 6.07) is 3.66. The number of nitrogens with zero attached hydrogens (tertiary/aromatic N) is 1. The third-order valence-electron chi connectivity index (χ3n) is 2.19. The summed E-state index contributed by atoms with van der Waals surface area (Å²) in [7, 11) is 0. The van der Waals surface area contributed by atoms with Crippen molar-refractivity contribution in [3.05, 3.63) is 18.3 Å². The normalized spacial score (nSPS) is 12.5.